The highest BCUT2D eigenvalue weighted by atomic mass is 16.6. The predicted octanol–water partition coefficient (Wildman–Crippen LogP) is 6.34. The van der Waals surface area contributed by atoms with E-state index in [2.05, 4.69) is 12.2 Å². The average Bonchev–Trinajstić information content (AvgIpc) is 3.73. The lowest BCUT2D eigenvalue weighted by Gasteiger charge is -2.49. The molecule has 0 saturated heterocycles. The molecule has 5 fully saturated rings. The summed E-state index contributed by atoms with van der Waals surface area (Å²) in [6, 6.07) is 0. The average molecular weight is 515 g/mol. The molecule has 0 N–H and O–H groups in total. The van der Waals surface area contributed by atoms with Crippen molar-refractivity contribution >= 4 is 11.9 Å². The van der Waals surface area contributed by atoms with E-state index in [1.165, 1.54) is 12.8 Å². The summed E-state index contributed by atoms with van der Waals surface area (Å²) in [5.41, 5.74) is -2.93. The molecule has 0 aromatic carbocycles. The molecule has 0 aliphatic heterocycles. The van der Waals surface area contributed by atoms with Gasteiger partial charge in [0.15, 0.2) is 0 Å². The number of carbonyl (C=O) groups is 2. The van der Waals surface area contributed by atoms with Crippen LogP contribution in [0.4, 0.5) is 0 Å². The van der Waals surface area contributed by atoms with Crippen molar-refractivity contribution in [2.24, 2.45) is 11.8 Å². The van der Waals surface area contributed by atoms with Gasteiger partial charge in [0.2, 0.25) is 11.2 Å². The fourth-order valence-corrected chi connectivity index (χ4v) is 8.29. The summed E-state index contributed by atoms with van der Waals surface area (Å²) in [6.45, 7) is 0. The molecule has 6 rings (SSSR count). The molecule has 5 saturated carbocycles. The number of hydrogen-bond donors (Lipinski definition) is 0. The zero-order valence-corrected chi connectivity index (χ0v) is 22.5. The van der Waals surface area contributed by atoms with Gasteiger partial charge in [0.25, 0.3) is 0 Å². The van der Waals surface area contributed by atoms with Crippen LogP contribution in [0.5, 0.6) is 0 Å². The van der Waals surface area contributed by atoms with Crippen LogP contribution in [-0.2, 0) is 28.5 Å². The molecule has 6 nitrogen and oxygen atoms in total. The van der Waals surface area contributed by atoms with Gasteiger partial charge in [-0.3, -0.25) is 0 Å². The molecule has 6 aliphatic carbocycles. The molecule has 37 heavy (non-hydrogen) atoms. The van der Waals surface area contributed by atoms with E-state index in [9.17, 15) is 9.59 Å². The van der Waals surface area contributed by atoms with Gasteiger partial charge in [-0.05, 0) is 83.5 Å². The van der Waals surface area contributed by atoms with Gasteiger partial charge >= 0.3 is 11.9 Å². The highest BCUT2D eigenvalue weighted by Gasteiger charge is 2.78. The summed E-state index contributed by atoms with van der Waals surface area (Å²) in [7, 11) is 0. The van der Waals surface area contributed by atoms with Crippen LogP contribution in [0, 0.1) is 11.8 Å². The molecule has 6 heteroatoms. The Morgan fingerprint density at radius 2 is 0.811 bits per heavy atom. The maximum Gasteiger partial charge on any atom is 0.343 e. The van der Waals surface area contributed by atoms with Crippen molar-refractivity contribution in [1.29, 1.82) is 0 Å². The summed E-state index contributed by atoms with van der Waals surface area (Å²) >= 11 is 0. The highest BCUT2D eigenvalue weighted by molar-refractivity contribution is 5.96. The Labute approximate surface area is 222 Å². The van der Waals surface area contributed by atoms with Gasteiger partial charge in [0.05, 0.1) is 12.2 Å². The van der Waals surface area contributed by atoms with E-state index < -0.39 is 11.2 Å². The standard InChI is InChI=1S/C31H46O6/c32-28(34-24-11-3-1-4-12-24)30(36-26-15-7-8-16-26)22-19-20-23(21-22)31(30,37-27-17-9-10-18-27)29(33)35-25-13-5-2-6-14-25/h19-20,22-27H,1-18,21H2. The van der Waals surface area contributed by atoms with Crippen LogP contribution in [0.25, 0.3) is 0 Å². The van der Waals surface area contributed by atoms with E-state index in [1.807, 2.05) is 0 Å². The molecule has 6 aliphatic rings. The minimum atomic E-state index is -1.47. The molecule has 0 aromatic rings. The van der Waals surface area contributed by atoms with Crippen molar-refractivity contribution in [2.45, 2.75) is 158 Å². The largest absolute Gasteiger partial charge is 0.460 e. The second kappa shape index (κ2) is 11.0. The van der Waals surface area contributed by atoms with Gasteiger partial charge in [-0.2, -0.15) is 0 Å². The third-order valence-electron chi connectivity index (χ3n) is 10.2. The summed E-state index contributed by atoms with van der Waals surface area (Å²) in [6.07, 6.45) is 22.8. The smallest absolute Gasteiger partial charge is 0.343 e. The second-order valence-corrected chi connectivity index (χ2v) is 12.7. The second-order valence-electron chi connectivity index (χ2n) is 12.7. The van der Waals surface area contributed by atoms with E-state index in [-0.39, 0.29) is 48.2 Å². The molecular weight excluding hydrogens is 468 g/mol. The molecule has 0 radical (unpaired) electrons. The summed E-state index contributed by atoms with van der Waals surface area (Å²) < 4.78 is 26.6. The normalized spacial score (nSPS) is 37.4. The SMILES string of the molecule is O=C(OC1CCCCC1)C1(OC2CCCC2)C2C=CC(C2)C1(OC1CCCC1)C(=O)OC1CCCCC1. The van der Waals surface area contributed by atoms with Crippen molar-refractivity contribution in [2.75, 3.05) is 0 Å². The lowest BCUT2D eigenvalue weighted by molar-refractivity contribution is -0.262. The third-order valence-corrected chi connectivity index (χ3v) is 10.2. The molecule has 2 bridgehead atoms. The van der Waals surface area contributed by atoms with Crippen LogP contribution in [-0.4, -0.2) is 47.6 Å². The van der Waals surface area contributed by atoms with Crippen LogP contribution in [0.15, 0.2) is 12.2 Å². The summed E-state index contributed by atoms with van der Waals surface area (Å²) in [4.78, 5) is 29.1. The lowest BCUT2D eigenvalue weighted by atomic mass is 9.73. The zero-order valence-electron chi connectivity index (χ0n) is 22.5. The Hall–Kier alpha value is -1.40. The Morgan fingerprint density at radius 3 is 1.19 bits per heavy atom. The Morgan fingerprint density at radius 1 is 0.486 bits per heavy atom. The van der Waals surface area contributed by atoms with Crippen molar-refractivity contribution in [3.05, 3.63) is 12.2 Å². The number of ether oxygens (including phenoxy) is 4. The highest BCUT2D eigenvalue weighted by Crippen LogP contribution is 2.60. The van der Waals surface area contributed by atoms with Crippen LogP contribution in [0.3, 0.4) is 0 Å². The molecular formula is C31H46O6. The Bertz CT molecular complexity index is 778. The molecule has 0 aromatic heterocycles. The monoisotopic (exact) mass is 514 g/mol. The van der Waals surface area contributed by atoms with Crippen molar-refractivity contribution < 1.29 is 28.5 Å². The van der Waals surface area contributed by atoms with E-state index >= 15 is 0 Å². The summed E-state index contributed by atoms with van der Waals surface area (Å²) in [5, 5.41) is 0. The van der Waals surface area contributed by atoms with Gasteiger partial charge < -0.3 is 18.9 Å². The van der Waals surface area contributed by atoms with Crippen LogP contribution in [0.2, 0.25) is 0 Å². The van der Waals surface area contributed by atoms with Gasteiger partial charge in [-0.1, -0.05) is 50.7 Å². The topological polar surface area (TPSA) is 71.1 Å². The number of carbonyl (C=O) groups excluding carboxylic acids is 2. The number of hydrogen-bond acceptors (Lipinski definition) is 6. The minimum absolute atomic E-state index is 0.0549. The van der Waals surface area contributed by atoms with E-state index in [1.54, 1.807) is 0 Å². The number of rotatable bonds is 8. The first-order chi connectivity index (χ1) is 18.1. The maximum absolute atomic E-state index is 14.5. The van der Waals surface area contributed by atoms with Gasteiger partial charge in [0, 0.05) is 11.8 Å². The van der Waals surface area contributed by atoms with Gasteiger partial charge in [-0.15, -0.1) is 0 Å². The first-order valence-electron chi connectivity index (χ1n) is 15.6. The number of esters is 2. The molecule has 206 valence electrons. The van der Waals surface area contributed by atoms with Gasteiger partial charge in [0.1, 0.15) is 12.2 Å². The van der Waals surface area contributed by atoms with Crippen molar-refractivity contribution in [3.8, 4) is 0 Å². The molecule has 0 amide bonds. The van der Waals surface area contributed by atoms with Crippen molar-refractivity contribution in [1.82, 2.24) is 0 Å². The Balaban J connectivity index is 1.40. The van der Waals surface area contributed by atoms with Crippen molar-refractivity contribution in [3.63, 3.8) is 0 Å². The van der Waals surface area contributed by atoms with E-state index in [0.29, 0.717) is 6.42 Å². The van der Waals surface area contributed by atoms with E-state index in [4.69, 9.17) is 18.9 Å². The zero-order chi connectivity index (χ0) is 25.3. The van der Waals surface area contributed by atoms with E-state index in [0.717, 1.165) is 103 Å². The van der Waals surface area contributed by atoms with Crippen LogP contribution in [0.1, 0.15) is 122 Å². The van der Waals surface area contributed by atoms with Crippen LogP contribution >= 0.6 is 0 Å². The summed E-state index contributed by atoms with van der Waals surface area (Å²) in [5.74, 6) is -1.20. The third kappa shape index (κ3) is 4.68. The van der Waals surface area contributed by atoms with Gasteiger partial charge in [-0.25, -0.2) is 9.59 Å². The molecule has 4 atom stereocenters. The Kier molecular flexibility index (Phi) is 7.68. The lowest BCUT2D eigenvalue weighted by Crippen LogP contribution is -2.71. The minimum Gasteiger partial charge on any atom is -0.460 e. The number of fused-ring (bicyclic) bond motifs is 2. The molecule has 0 spiro atoms. The maximum atomic E-state index is 14.5. The predicted molar refractivity (Wildman–Crippen MR) is 139 cm³/mol. The fourth-order valence-electron chi connectivity index (χ4n) is 8.29. The molecule has 0 heterocycles. The molecule has 4 unspecified atom stereocenters. The fraction of sp³-hybridized carbons (Fsp3) is 0.871. The van der Waals surface area contributed by atoms with Crippen LogP contribution < -0.4 is 0 Å². The quantitative estimate of drug-likeness (QED) is 0.278. The first kappa shape index (κ1) is 25.9. The first-order valence-corrected chi connectivity index (χ1v) is 15.6.